The maximum absolute atomic E-state index is 13.6. The van der Waals surface area contributed by atoms with Gasteiger partial charge in [-0.2, -0.15) is 0 Å². The summed E-state index contributed by atoms with van der Waals surface area (Å²) < 4.78 is 27.3. The van der Waals surface area contributed by atoms with Gasteiger partial charge in [-0.05, 0) is 35.9 Å². The van der Waals surface area contributed by atoms with Gasteiger partial charge in [0.15, 0.2) is 0 Å². The van der Waals surface area contributed by atoms with E-state index in [0.29, 0.717) is 50.5 Å². The van der Waals surface area contributed by atoms with Crippen molar-refractivity contribution in [1.29, 1.82) is 0 Å². The topological polar surface area (TPSA) is 85.0 Å². The third-order valence-electron chi connectivity index (χ3n) is 7.15. The van der Waals surface area contributed by atoms with Gasteiger partial charge in [-0.15, -0.1) is 0 Å². The van der Waals surface area contributed by atoms with E-state index in [0.717, 1.165) is 42.5 Å². The van der Waals surface area contributed by atoms with Crippen LogP contribution in [-0.4, -0.2) is 79.9 Å². The number of amides is 3. The highest BCUT2D eigenvalue weighted by molar-refractivity contribution is 6.00. The van der Waals surface area contributed by atoms with Crippen molar-refractivity contribution >= 4 is 29.1 Å². The number of piperazine rings is 2. The second-order valence-electron chi connectivity index (χ2n) is 9.92. The number of halogens is 2. The van der Waals surface area contributed by atoms with Crippen LogP contribution in [0.15, 0.2) is 66.7 Å². The van der Waals surface area contributed by atoms with Crippen molar-refractivity contribution in [2.45, 2.75) is 6.42 Å². The number of benzene rings is 3. The molecule has 0 spiro atoms. The summed E-state index contributed by atoms with van der Waals surface area (Å²) in [6.07, 6.45) is 0.183. The molecule has 2 aliphatic rings. The smallest absolute Gasteiger partial charge is 0.254 e. The standard InChI is InChI=1S/C30H31F2N5O3/c31-24-17-23(18-25(32)20-24)30(40)37-14-12-35(13-15-37)27-7-6-22(29(39)36-10-8-33-9-11-36)19-26(27)34-28(38)16-21-4-2-1-3-5-21/h1-7,17-20,33H,8-16H2,(H,34,38). The fourth-order valence-corrected chi connectivity index (χ4v) is 5.08. The summed E-state index contributed by atoms with van der Waals surface area (Å²) in [6, 6.07) is 17.5. The van der Waals surface area contributed by atoms with E-state index in [1.165, 1.54) is 0 Å². The first-order valence-corrected chi connectivity index (χ1v) is 13.4. The SMILES string of the molecule is O=C(Cc1ccccc1)Nc1cc(C(=O)N2CCNCC2)ccc1N1CCN(C(=O)c2cc(F)cc(F)c2)CC1. The van der Waals surface area contributed by atoms with Crippen LogP contribution in [0, 0.1) is 11.6 Å². The van der Waals surface area contributed by atoms with Crippen molar-refractivity contribution in [3.63, 3.8) is 0 Å². The maximum atomic E-state index is 13.6. The fourth-order valence-electron chi connectivity index (χ4n) is 5.08. The fraction of sp³-hybridized carbons (Fsp3) is 0.300. The molecule has 208 valence electrons. The van der Waals surface area contributed by atoms with Gasteiger partial charge >= 0.3 is 0 Å². The van der Waals surface area contributed by atoms with Crippen LogP contribution < -0.4 is 15.5 Å². The first kappa shape index (κ1) is 27.3. The molecule has 0 saturated carbocycles. The lowest BCUT2D eigenvalue weighted by atomic mass is 10.1. The van der Waals surface area contributed by atoms with Gasteiger partial charge in [0.2, 0.25) is 5.91 Å². The first-order chi connectivity index (χ1) is 19.4. The summed E-state index contributed by atoms with van der Waals surface area (Å²) in [5, 5.41) is 6.24. The summed E-state index contributed by atoms with van der Waals surface area (Å²) in [7, 11) is 0. The van der Waals surface area contributed by atoms with Gasteiger partial charge < -0.3 is 25.3 Å². The number of hydrogen-bond donors (Lipinski definition) is 2. The highest BCUT2D eigenvalue weighted by Crippen LogP contribution is 2.30. The highest BCUT2D eigenvalue weighted by atomic mass is 19.1. The molecular weight excluding hydrogens is 516 g/mol. The lowest BCUT2D eigenvalue weighted by molar-refractivity contribution is -0.115. The van der Waals surface area contributed by atoms with Gasteiger partial charge in [-0.3, -0.25) is 14.4 Å². The minimum absolute atomic E-state index is 0.0319. The third-order valence-corrected chi connectivity index (χ3v) is 7.15. The average molecular weight is 548 g/mol. The summed E-state index contributed by atoms with van der Waals surface area (Å²) in [4.78, 5) is 44.5. The van der Waals surface area contributed by atoms with E-state index in [4.69, 9.17) is 0 Å². The van der Waals surface area contributed by atoms with E-state index in [-0.39, 0.29) is 23.8 Å². The molecule has 3 amide bonds. The molecule has 2 aliphatic heterocycles. The Hall–Kier alpha value is -4.31. The Morgan fingerprint density at radius 1 is 0.725 bits per heavy atom. The molecule has 0 radical (unpaired) electrons. The molecule has 3 aromatic carbocycles. The van der Waals surface area contributed by atoms with Gasteiger partial charge in [0.05, 0.1) is 17.8 Å². The molecule has 0 bridgehead atoms. The second-order valence-corrected chi connectivity index (χ2v) is 9.92. The minimum atomic E-state index is -0.798. The van der Waals surface area contributed by atoms with Crippen LogP contribution in [-0.2, 0) is 11.2 Å². The van der Waals surface area contributed by atoms with E-state index >= 15 is 0 Å². The third kappa shape index (κ3) is 6.45. The molecule has 2 saturated heterocycles. The van der Waals surface area contributed by atoms with Crippen molar-refractivity contribution < 1.29 is 23.2 Å². The zero-order valence-electron chi connectivity index (χ0n) is 22.0. The number of hydrogen-bond acceptors (Lipinski definition) is 5. The molecule has 0 atom stereocenters. The Morgan fingerprint density at radius 3 is 2.02 bits per heavy atom. The molecule has 2 N–H and O–H groups in total. The van der Waals surface area contributed by atoms with Gasteiger partial charge in [-0.25, -0.2) is 8.78 Å². The average Bonchev–Trinajstić information content (AvgIpc) is 2.97. The molecule has 3 aromatic rings. The van der Waals surface area contributed by atoms with Crippen molar-refractivity contribution in [3.8, 4) is 0 Å². The van der Waals surface area contributed by atoms with E-state index in [9.17, 15) is 23.2 Å². The molecule has 5 rings (SSSR count). The van der Waals surface area contributed by atoms with E-state index < -0.39 is 17.5 Å². The van der Waals surface area contributed by atoms with Crippen molar-refractivity contribution in [1.82, 2.24) is 15.1 Å². The summed E-state index contributed by atoms with van der Waals surface area (Å²) in [6.45, 7) is 4.23. The molecule has 0 unspecified atom stereocenters. The molecule has 2 fully saturated rings. The molecular formula is C30H31F2N5O3. The van der Waals surface area contributed by atoms with Crippen molar-refractivity contribution in [3.05, 3.63) is 95.1 Å². The van der Waals surface area contributed by atoms with Crippen LogP contribution >= 0.6 is 0 Å². The lowest BCUT2D eigenvalue weighted by Gasteiger charge is -2.37. The van der Waals surface area contributed by atoms with Crippen molar-refractivity contribution in [2.24, 2.45) is 0 Å². The molecule has 0 aliphatic carbocycles. The lowest BCUT2D eigenvalue weighted by Crippen LogP contribution is -2.49. The molecule has 0 aromatic heterocycles. The van der Waals surface area contributed by atoms with Crippen LogP contribution in [0.3, 0.4) is 0 Å². The number of carbonyl (C=O) groups excluding carboxylic acids is 3. The van der Waals surface area contributed by atoms with Crippen LogP contribution in [0.5, 0.6) is 0 Å². The Morgan fingerprint density at radius 2 is 1.35 bits per heavy atom. The monoisotopic (exact) mass is 547 g/mol. The molecule has 2 heterocycles. The Balaban J connectivity index is 1.34. The van der Waals surface area contributed by atoms with Gasteiger partial charge in [0.1, 0.15) is 11.6 Å². The van der Waals surface area contributed by atoms with Crippen LogP contribution in [0.1, 0.15) is 26.3 Å². The molecule has 8 nitrogen and oxygen atoms in total. The summed E-state index contributed by atoms with van der Waals surface area (Å²) in [5.41, 5.74) is 2.59. The zero-order chi connectivity index (χ0) is 28.1. The Kier molecular flexibility index (Phi) is 8.35. The molecule has 10 heteroatoms. The van der Waals surface area contributed by atoms with Crippen molar-refractivity contribution in [2.75, 3.05) is 62.6 Å². The number of anilines is 2. The number of carbonyl (C=O) groups is 3. The molecule has 40 heavy (non-hydrogen) atoms. The van der Waals surface area contributed by atoms with E-state index in [1.807, 2.05) is 41.3 Å². The number of rotatable bonds is 6. The number of nitrogens with one attached hydrogen (secondary N) is 2. The maximum Gasteiger partial charge on any atom is 0.254 e. The quantitative estimate of drug-likeness (QED) is 0.496. The first-order valence-electron chi connectivity index (χ1n) is 13.4. The van der Waals surface area contributed by atoms with Gasteiger partial charge in [0.25, 0.3) is 11.8 Å². The van der Waals surface area contributed by atoms with E-state index in [1.54, 1.807) is 21.9 Å². The van der Waals surface area contributed by atoms with Gasteiger partial charge in [0, 0.05) is 69.6 Å². The van der Waals surface area contributed by atoms with Crippen LogP contribution in [0.2, 0.25) is 0 Å². The highest BCUT2D eigenvalue weighted by Gasteiger charge is 2.26. The minimum Gasteiger partial charge on any atom is -0.366 e. The zero-order valence-corrected chi connectivity index (χ0v) is 22.0. The Labute approximate surface area is 231 Å². The Bertz CT molecular complexity index is 1370. The predicted octanol–water partition coefficient (Wildman–Crippen LogP) is 3.15. The van der Waals surface area contributed by atoms with Crippen LogP contribution in [0.4, 0.5) is 20.2 Å². The number of nitrogens with zero attached hydrogens (tertiary/aromatic N) is 3. The predicted molar refractivity (Wildman–Crippen MR) is 148 cm³/mol. The van der Waals surface area contributed by atoms with E-state index in [2.05, 4.69) is 10.6 Å². The normalized spacial score (nSPS) is 15.6. The largest absolute Gasteiger partial charge is 0.366 e. The van der Waals surface area contributed by atoms with Gasteiger partial charge in [-0.1, -0.05) is 30.3 Å². The second kappa shape index (κ2) is 12.3. The summed E-state index contributed by atoms with van der Waals surface area (Å²) in [5.74, 6) is -2.33. The van der Waals surface area contributed by atoms with Crippen LogP contribution in [0.25, 0.3) is 0 Å². The summed E-state index contributed by atoms with van der Waals surface area (Å²) >= 11 is 0.